The molecule has 2 N–H and O–H groups in total. The van der Waals surface area contributed by atoms with E-state index in [0.29, 0.717) is 18.8 Å². The van der Waals surface area contributed by atoms with E-state index in [9.17, 15) is 18.0 Å². The van der Waals surface area contributed by atoms with Gasteiger partial charge in [0, 0.05) is 19.8 Å². The van der Waals surface area contributed by atoms with Crippen LogP contribution in [0.2, 0.25) is 0 Å². The fraction of sp³-hybridized carbons (Fsp3) is 0.579. The van der Waals surface area contributed by atoms with Gasteiger partial charge in [-0.15, -0.1) is 0 Å². The summed E-state index contributed by atoms with van der Waals surface area (Å²) in [6.07, 6.45) is 1.62. The minimum absolute atomic E-state index is 0.0181. The molecule has 0 saturated carbocycles. The van der Waals surface area contributed by atoms with E-state index >= 15 is 0 Å². The van der Waals surface area contributed by atoms with Crippen molar-refractivity contribution in [3.05, 3.63) is 18.2 Å². The summed E-state index contributed by atoms with van der Waals surface area (Å²) in [4.78, 5) is 25.4. The Morgan fingerprint density at radius 1 is 1.31 bits per heavy atom. The Morgan fingerprint density at radius 3 is 2.66 bits per heavy atom. The smallest absolute Gasteiger partial charge is 0.314 e. The second kappa shape index (κ2) is 10.0. The molecular weight excluding hydrogens is 398 g/mol. The number of likely N-dealkylation sites (tertiary alicyclic amines) is 1. The maximum absolute atomic E-state index is 12.5. The molecule has 0 radical (unpaired) electrons. The number of nitrogens with one attached hydrogen (secondary N) is 2. The average molecular weight is 429 g/mol. The predicted molar refractivity (Wildman–Crippen MR) is 107 cm³/mol. The molecule has 1 aliphatic heterocycles. The Bertz CT molecular complexity index is 840. The van der Waals surface area contributed by atoms with Gasteiger partial charge in [0.2, 0.25) is 10.0 Å². The van der Waals surface area contributed by atoms with Crippen molar-refractivity contribution in [1.82, 2.24) is 4.31 Å². The van der Waals surface area contributed by atoms with Gasteiger partial charge in [-0.1, -0.05) is 0 Å². The number of hydrogen-bond acceptors (Lipinski definition) is 6. The first-order valence-corrected chi connectivity index (χ1v) is 11.0. The van der Waals surface area contributed by atoms with E-state index in [2.05, 4.69) is 5.32 Å². The minimum atomic E-state index is -3.73. The van der Waals surface area contributed by atoms with Gasteiger partial charge in [0.15, 0.2) is 6.54 Å². The number of benzene rings is 1. The Balaban J connectivity index is 2.06. The van der Waals surface area contributed by atoms with Gasteiger partial charge in [0.25, 0.3) is 5.91 Å². The average Bonchev–Trinajstić information content (AvgIpc) is 2.68. The summed E-state index contributed by atoms with van der Waals surface area (Å²) in [7, 11) is 0.524. The van der Waals surface area contributed by atoms with E-state index in [4.69, 9.17) is 9.47 Å². The lowest BCUT2D eigenvalue weighted by Crippen LogP contribution is -3.14. The Morgan fingerprint density at radius 2 is 2.03 bits per heavy atom. The lowest BCUT2D eigenvalue weighted by atomic mass is 9.98. The van der Waals surface area contributed by atoms with Crippen LogP contribution in [0.4, 0.5) is 5.69 Å². The van der Waals surface area contributed by atoms with Crippen molar-refractivity contribution < 1.29 is 32.4 Å². The van der Waals surface area contributed by atoms with Crippen LogP contribution in [0.3, 0.4) is 0 Å². The minimum Gasteiger partial charge on any atom is -0.495 e. The molecule has 1 aromatic rings. The van der Waals surface area contributed by atoms with Crippen molar-refractivity contribution in [3.63, 3.8) is 0 Å². The van der Waals surface area contributed by atoms with E-state index < -0.39 is 10.0 Å². The molecule has 2 atom stereocenters. The molecule has 162 valence electrons. The summed E-state index contributed by atoms with van der Waals surface area (Å²) < 4.78 is 36.3. The molecule has 29 heavy (non-hydrogen) atoms. The van der Waals surface area contributed by atoms with Crippen LogP contribution in [-0.4, -0.2) is 72.0 Å². The quantitative estimate of drug-likeness (QED) is 0.553. The second-order valence-corrected chi connectivity index (χ2v) is 9.29. The molecule has 0 aliphatic carbocycles. The lowest BCUT2D eigenvalue weighted by molar-refractivity contribution is -0.899. The highest BCUT2D eigenvalue weighted by Crippen LogP contribution is 2.28. The second-order valence-electron chi connectivity index (χ2n) is 7.17. The summed E-state index contributed by atoms with van der Waals surface area (Å²) in [6, 6.07) is 4.49. The number of quaternary nitrogens is 1. The van der Waals surface area contributed by atoms with Crippen LogP contribution >= 0.6 is 0 Å². The number of anilines is 1. The number of carbonyl (C=O) groups excluding carboxylic acids is 2. The number of esters is 1. The zero-order valence-corrected chi connectivity index (χ0v) is 18.2. The molecule has 1 amide bonds. The van der Waals surface area contributed by atoms with Gasteiger partial charge in [-0.25, -0.2) is 12.7 Å². The summed E-state index contributed by atoms with van der Waals surface area (Å²) in [5.74, 6) is -0.443. The van der Waals surface area contributed by atoms with Gasteiger partial charge in [0.05, 0.1) is 26.8 Å². The van der Waals surface area contributed by atoms with Crippen molar-refractivity contribution in [2.75, 3.05) is 52.8 Å². The third kappa shape index (κ3) is 5.91. The first-order valence-electron chi connectivity index (χ1n) is 9.59. The number of hydrogen-bond donors (Lipinski definition) is 2. The Labute approximate surface area is 172 Å². The third-order valence-electron chi connectivity index (χ3n) is 4.85. The molecule has 1 unspecified atom stereocenters. The zero-order valence-electron chi connectivity index (χ0n) is 17.4. The molecule has 0 aromatic heterocycles. The van der Waals surface area contributed by atoms with E-state index in [1.807, 2.05) is 0 Å². The molecule has 0 spiro atoms. The summed E-state index contributed by atoms with van der Waals surface area (Å²) >= 11 is 0. The molecule has 1 aromatic carbocycles. The van der Waals surface area contributed by atoms with Crippen LogP contribution in [0.1, 0.15) is 19.8 Å². The van der Waals surface area contributed by atoms with Crippen LogP contribution < -0.4 is 15.0 Å². The van der Waals surface area contributed by atoms with Crippen molar-refractivity contribution in [1.29, 1.82) is 0 Å². The van der Waals surface area contributed by atoms with Gasteiger partial charge in [-0.2, -0.15) is 0 Å². The molecule has 1 saturated heterocycles. The van der Waals surface area contributed by atoms with E-state index in [-0.39, 0.29) is 35.0 Å². The molecule has 1 fully saturated rings. The SMILES string of the molecule is CCOC(=O)[C@H]1CCC[NH+](CC(=O)Nc2ccc(OC)c(S(=O)(=O)N(C)C)c2)C1. The van der Waals surface area contributed by atoms with Crippen LogP contribution in [0.25, 0.3) is 0 Å². The maximum Gasteiger partial charge on any atom is 0.314 e. The molecule has 9 nitrogen and oxygen atoms in total. The van der Waals surface area contributed by atoms with Gasteiger partial charge in [-0.3, -0.25) is 9.59 Å². The number of carbonyl (C=O) groups is 2. The zero-order chi connectivity index (χ0) is 21.6. The number of piperidine rings is 1. The van der Waals surface area contributed by atoms with Crippen LogP contribution in [0.15, 0.2) is 23.1 Å². The van der Waals surface area contributed by atoms with Gasteiger partial charge < -0.3 is 19.7 Å². The number of nitrogens with zero attached hydrogens (tertiary/aromatic N) is 1. The number of amides is 1. The Kier molecular flexibility index (Phi) is 8.00. The monoisotopic (exact) mass is 428 g/mol. The van der Waals surface area contributed by atoms with E-state index in [1.165, 1.54) is 33.3 Å². The molecule has 2 rings (SSSR count). The fourth-order valence-corrected chi connectivity index (χ4v) is 4.43. The third-order valence-corrected chi connectivity index (χ3v) is 6.69. The predicted octanol–water partition coefficient (Wildman–Crippen LogP) is -0.258. The number of methoxy groups -OCH3 is 1. The van der Waals surface area contributed by atoms with Crippen molar-refractivity contribution in [3.8, 4) is 5.75 Å². The van der Waals surface area contributed by atoms with Crippen LogP contribution in [0.5, 0.6) is 5.75 Å². The highest BCUT2D eigenvalue weighted by Gasteiger charge is 2.31. The fourth-order valence-electron chi connectivity index (χ4n) is 3.36. The number of rotatable bonds is 8. The molecule has 1 heterocycles. The molecule has 10 heteroatoms. The van der Waals surface area contributed by atoms with Crippen LogP contribution in [0, 0.1) is 5.92 Å². The van der Waals surface area contributed by atoms with Crippen molar-refractivity contribution in [2.24, 2.45) is 5.92 Å². The Hall–Kier alpha value is -2.17. The number of sulfonamides is 1. The first kappa shape index (κ1) is 23.1. The van der Waals surface area contributed by atoms with E-state index in [1.54, 1.807) is 13.0 Å². The van der Waals surface area contributed by atoms with Crippen LogP contribution in [-0.2, 0) is 24.3 Å². The van der Waals surface area contributed by atoms with Crippen molar-refractivity contribution >= 4 is 27.6 Å². The molecular formula is C19H30N3O6S+. The summed E-state index contributed by atoms with van der Waals surface area (Å²) in [6.45, 7) is 3.66. The standard InChI is InChI=1S/C19H29N3O6S/c1-5-28-19(24)14-7-6-10-22(12-14)13-18(23)20-15-8-9-16(27-4)17(11-15)29(25,26)21(2)3/h8-9,11,14H,5-7,10,12-13H2,1-4H3,(H,20,23)/p+1/t14-/m0/s1. The maximum atomic E-state index is 12.5. The normalized spacial score (nSPS) is 19.6. The van der Waals surface area contributed by atoms with Gasteiger partial charge >= 0.3 is 5.97 Å². The summed E-state index contributed by atoms with van der Waals surface area (Å²) in [5, 5.41) is 2.75. The highest BCUT2D eigenvalue weighted by molar-refractivity contribution is 7.89. The van der Waals surface area contributed by atoms with Gasteiger partial charge in [0.1, 0.15) is 16.6 Å². The lowest BCUT2D eigenvalue weighted by Gasteiger charge is -2.28. The van der Waals surface area contributed by atoms with Gasteiger partial charge in [-0.05, 0) is 38.0 Å². The highest BCUT2D eigenvalue weighted by atomic mass is 32.2. The van der Waals surface area contributed by atoms with E-state index in [0.717, 1.165) is 28.6 Å². The molecule has 0 bridgehead atoms. The number of ether oxygens (including phenoxy) is 2. The topological polar surface area (TPSA) is 106 Å². The largest absolute Gasteiger partial charge is 0.495 e. The summed E-state index contributed by atoms with van der Waals surface area (Å²) in [5.41, 5.74) is 0.370. The first-order chi connectivity index (χ1) is 13.7. The molecule has 1 aliphatic rings. The van der Waals surface area contributed by atoms with Crippen molar-refractivity contribution in [2.45, 2.75) is 24.7 Å².